The molecule has 6 nitrogen and oxygen atoms in total. The highest BCUT2D eigenvalue weighted by Gasteiger charge is 2.24. The van der Waals surface area contributed by atoms with Crippen molar-refractivity contribution in [2.24, 2.45) is 11.7 Å². The normalized spacial score (nSPS) is 13.3. The van der Waals surface area contributed by atoms with Gasteiger partial charge in [0.05, 0.1) is 21.6 Å². The predicted molar refractivity (Wildman–Crippen MR) is 74.0 cm³/mol. The van der Waals surface area contributed by atoms with Crippen molar-refractivity contribution in [1.82, 2.24) is 4.72 Å². The van der Waals surface area contributed by atoms with Crippen molar-refractivity contribution in [3.05, 3.63) is 23.2 Å². The van der Waals surface area contributed by atoms with E-state index in [0.717, 1.165) is 0 Å². The number of sulfonamides is 1. The van der Waals surface area contributed by atoms with Crippen LogP contribution in [0.2, 0.25) is 5.02 Å². The van der Waals surface area contributed by atoms with Gasteiger partial charge in [-0.2, -0.15) is 0 Å². The van der Waals surface area contributed by atoms with Crippen molar-refractivity contribution in [2.45, 2.75) is 24.8 Å². The molecule has 0 radical (unpaired) electrons. The Morgan fingerprint density at radius 2 is 1.95 bits per heavy atom. The maximum Gasteiger partial charge on any atom is 0.264 e. The Morgan fingerprint density at radius 3 is 2.42 bits per heavy atom. The van der Waals surface area contributed by atoms with E-state index in [9.17, 15) is 13.2 Å². The van der Waals surface area contributed by atoms with E-state index in [1.807, 2.05) is 4.72 Å². The number of rotatable bonds is 4. The van der Waals surface area contributed by atoms with Crippen LogP contribution in [0.3, 0.4) is 0 Å². The average Bonchev–Trinajstić information content (AvgIpc) is 2.30. The van der Waals surface area contributed by atoms with Gasteiger partial charge in [-0.15, -0.1) is 0 Å². The van der Waals surface area contributed by atoms with Crippen molar-refractivity contribution < 1.29 is 13.2 Å². The van der Waals surface area contributed by atoms with Gasteiger partial charge < -0.3 is 11.5 Å². The van der Waals surface area contributed by atoms with E-state index in [2.05, 4.69) is 0 Å². The quantitative estimate of drug-likeness (QED) is 0.709. The molecule has 0 aliphatic carbocycles. The molecule has 1 rings (SSSR count). The fourth-order valence-electron chi connectivity index (χ4n) is 1.24. The van der Waals surface area contributed by atoms with Crippen molar-refractivity contribution in [2.75, 3.05) is 5.73 Å². The van der Waals surface area contributed by atoms with Crippen molar-refractivity contribution in [1.29, 1.82) is 0 Å². The Hall–Kier alpha value is -1.31. The summed E-state index contributed by atoms with van der Waals surface area (Å²) in [6.45, 7) is 3.44. The molecule has 106 valence electrons. The lowest BCUT2D eigenvalue weighted by Crippen LogP contribution is -2.46. The summed E-state index contributed by atoms with van der Waals surface area (Å²) in [4.78, 5) is 11.5. The number of nitrogens with two attached hydrogens (primary N) is 2. The highest BCUT2D eigenvalue weighted by molar-refractivity contribution is 7.90. The van der Waals surface area contributed by atoms with Crippen LogP contribution in [0.15, 0.2) is 23.1 Å². The van der Waals surface area contributed by atoms with E-state index in [1.165, 1.54) is 18.2 Å². The number of carbonyl (C=O) groups excluding carboxylic acids is 1. The van der Waals surface area contributed by atoms with E-state index < -0.39 is 22.0 Å². The molecule has 0 unspecified atom stereocenters. The number of amides is 1. The zero-order valence-corrected chi connectivity index (χ0v) is 12.1. The second kappa shape index (κ2) is 5.77. The smallest absolute Gasteiger partial charge is 0.264 e. The van der Waals surface area contributed by atoms with Gasteiger partial charge in [-0.05, 0) is 24.1 Å². The fraction of sp³-hybridized carbons (Fsp3) is 0.364. The number of hydrogen-bond acceptors (Lipinski definition) is 5. The van der Waals surface area contributed by atoms with Crippen LogP contribution >= 0.6 is 11.6 Å². The van der Waals surface area contributed by atoms with E-state index in [0.29, 0.717) is 0 Å². The zero-order valence-electron chi connectivity index (χ0n) is 10.6. The van der Waals surface area contributed by atoms with Gasteiger partial charge in [-0.1, -0.05) is 25.4 Å². The Labute approximate surface area is 117 Å². The number of nitrogen functional groups attached to an aromatic ring is 1. The Morgan fingerprint density at radius 1 is 1.37 bits per heavy atom. The minimum absolute atomic E-state index is 0.100. The summed E-state index contributed by atoms with van der Waals surface area (Å²) >= 11 is 5.74. The molecule has 5 N–H and O–H groups in total. The Balaban J connectivity index is 2.99. The largest absolute Gasteiger partial charge is 0.398 e. The molecule has 0 aliphatic heterocycles. The van der Waals surface area contributed by atoms with Crippen LogP contribution in [0, 0.1) is 5.92 Å². The van der Waals surface area contributed by atoms with Gasteiger partial charge in [0.2, 0.25) is 0 Å². The Bertz CT molecular complexity index is 587. The fourth-order valence-corrected chi connectivity index (χ4v) is 2.52. The topological polar surface area (TPSA) is 115 Å². The van der Waals surface area contributed by atoms with Gasteiger partial charge in [-0.25, -0.2) is 13.1 Å². The van der Waals surface area contributed by atoms with Gasteiger partial charge >= 0.3 is 0 Å². The molecule has 0 aromatic heterocycles. The maximum atomic E-state index is 11.9. The van der Waals surface area contributed by atoms with Crippen molar-refractivity contribution in [3.63, 3.8) is 0 Å². The van der Waals surface area contributed by atoms with Crippen LogP contribution in [0.25, 0.3) is 0 Å². The monoisotopic (exact) mass is 305 g/mol. The minimum Gasteiger partial charge on any atom is -0.398 e. The first kappa shape index (κ1) is 15.7. The summed E-state index contributed by atoms with van der Waals surface area (Å²) in [7, 11) is -4.00. The maximum absolute atomic E-state index is 11.9. The third kappa shape index (κ3) is 3.82. The van der Waals surface area contributed by atoms with Crippen molar-refractivity contribution >= 4 is 33.2 Å². The second-order valence-corrected chi connectivity index (χ2v) is 6.51. The standard InChI is InChI=1S/C11H16ClN3O3S/c1-6(2)10(14)11(16)15-19(17,18)7-3-4-9(13)8(12)5-7/h3-6,10H,13-14H2,1-2H3,(H,15,16)/t10-/m0/s1. The molecule has 0 heterocycles. The number of benzene rings is 1. The van der Waals surface area contributed by atoms with E-state index >= 15 is 0 Å². The summed E-state index contributed by atoms with van der Waals surface area (Å²) in [5.41, 5.74) is 11.3. The van der Waals surface area contributed by atoms with Gasteiger partial charge in [0.25, 0.3) is 15.9 Å². The number of anilines is 1. The average molecular weight is 306 g/mol. The first-order valence-electron chi connectivity index (χ1n) is 5.52. The first-order chi connectivity index (χ1) is 8.65. The number of nitrogens with one attached hydrogen (secondary N) is 1. The molecule has 0 fully saturated rings. The summed E-state index contributed by atoms with van der Waals surface area (Å²) in [5, 5.41) is 0.100. The predicted octanol–water partition coefficient (Wildman–Crippen LogP) is 0.710. The molecule has 0 saturated carbocycles. The van der Waals surface area contributed by atoms with Crippen LogP contribution in [0.4, 0.5) is 5.69 Å². The number of carbonyl (C=O) groups is 1. The summed E-state index contributed by atoms with van der Waals surface area (Å²) in [6.07, 6.45) is 0. The lowest BCUT2D eigenvalue weighted by molar-refractivity contribution is -0.121. The van der Waals surface area contributed by atoms with Crippen LogP contribution in [0.5, 0.6) is 0 Å². The zero-order chi connectivity index (χ0) is 14.8. The van der Waals surface area contributed by atoms with E-state index in [1.54, 1.807) is 13.8 Å². The van der Waals surface area contributed by atoms with E-state index in [-0.39, 0.29) is 21.5 Å². The molecule has 0 spiro atoms. The first-order valence-corrected chi connectivity index (χ1v) is 7.38. The van der Waals surface area contributed by atoms with Crippen LogP contribution < -0.4 is 16.2 Å². The van der Waals surface area contributed by atoms with Crippen LogP contribution in [-0.2, 0) is 14.8 Å². The Kier molecular flexibility index (Phi) is 4.78. The molecule has 0 bridgehead atoms. The third-order valence-electron chi connectivity index (χ3n) is 2.54. The molecule has 19 heavy (non-hydrogen) atoms. The van der Waals surface area contributed by atoms with Crippen LogP contribution in [0.1, 0.15) is 13.8 Å². The molecular weight excluding hydrogens is 290 g/mol. The lowest BCUT2D eigenvalue weighted by Gasteiger charge is -2.15. The molecule has 0 aliphatic rings. The molecule has 1 aromatic carbocycles. The lowest BCUT2D eigenvalue weighted by atomic mass is 10.1. The van der Waals surface area contributed by atoms with Gasteiger partial charge in [0, 0.05) is 0 Å². The summed E-state index contributed by atoms with van der Waals surface area (Å²) in [6, 6.07) is 2.88. The molecular formula is C11H16ClN3O3S. The third-order valence-corrected chi connectivity index (χ3v) is 4.21. The molecule has 1 atom stereocenters. The summed E-state index contributed by atoms with van der Waals surface area (Å²) in [5.74, 6) is -0.937. The van der Waals surface area contributed by atoms with Gasteiger partial charge in [0.1, 0.15) is 0 Å². The highest BCUT2D eigenvalue weighted by Crippen LogP contribution is 2.22. The molecule has 8 heteroatoms. The highest BCUT2D eigenvalue weighted by atomic mass is 35.5. The molecule has 0 saturated heterocycles. The SMILES string of the molecule is CC(C)[C@H](N)C(=O)NS(=O)(=O)c1ccc(N)c(Cl)c1. The second-order valence-electron chi connectivity index (χ2n) is 4.42. The molecule has 1 amide bonds. The van der Waals surface area contributed by atoms with E-state index in [4.69, 9.17) is 23.1 Å². The number of hydrogen-bond donors (Lipinski definition) is 3. The number of halogens is 1. The van der Waals surface area contributed by atoms with Crippen molar-refractivity contribution in [3.8, 4) is 0 Å². The summed E-state index contributed by atoms with van der Waals surface area (Å²) < 4.78 is 25.8. The van der Waals surface area contributed by atoms with Crippen LogP contribution in [-0.4, -0.2) is 20.4 Å². The minimum atomic E-state index is -4.00. The van der Waals surface area contributed by atoms with Gasteiger partial charge in [0.15, 0.2) is 0 Å². The molecule has 1 aromatic rings. The van der Waals surface area contributed by atoms with Gasteiger partial charge in [-0.3, -0.25) is 4.79 Å².